The van der Waals surface area contributed by atoms with Crippen molar-refractivity contribution in [1.29, 1.82) is 0 Å². The van der Waals surface area contributed by atoms with Gasteiger partial charge in [-0.25, -0.2) is 17.5 Å². The van der Waals surface area contributed by atoms with Crippen LogP contribution in [0.3, 0.4) is 0 Å². The molecule has 0 aliphatic carbocycles. The maximum Gasteiger partial charge on any atom is 0.243 e. The second kappa shape index (κ2) is 7.54. The monoisotopic (exact) mass is 290 g/mol. The zero-order chi connectivity index (χ0) is 14.3. The Morgan fingerprint density at radius 3 is 2.63 bits per heavy atom. The van der Waals surface area contributed by atoms with Gasteiger partial charge in [0.2, 0.25) is 10.0 Å². The molecule has 5 nitrogen and oxygen atoms in total. The molecule has 0 heterocycles. The quantitative estimate of drug-likeness (QED) is 0.690. The molecular weight excluding hydrogens is 271 g/mol. The molecule has 0 saturated heterocycles. The Morgan fingerprint density at radius 1 is 1.26 bits per heavy atom. The van der Waals surface area contributed by atoms with Crippen molar-refractivity contribution >= 4 is 10.0 Å². The van der Waals surface area contributed by atoms with Gasteiger partial charge in [0.1, 0.15) is 10.7 Å². The minimum atomic E-state index is -3.81. The highest BCUT2D eigenvalue weighted by molar-refractivity contribution is 7.89. The van der Waals surface area contributed by atoms with Crippen molar-refractivity contribution < 1.29 is 17.5 Å². The third-order valence-corrected chi connectivity index (χ3v) is 4.15. The Labute approximate surface area is 113 Å². The zero-order valence-corrected chi connectivity index (χ0v) is 11.9. The number of benzene rings is 1. The number of ether oxygens (including phenoxy) is 1. The van der Waals surface area contributed by atoms with E-state index in [0.29, 0.717) is 25.3 Å². The van der Waals surface area contributed by atoms with Gasteiger partial charge in [-0.15, -0.1) is 0 Å². The van der Waals surface area contributed by atoms with Gasteiger partial charge in [-0.3, -0.25) is 0 Å². The second-order valence-electron chi connectivity index (χ2n) is 4.03. The number of hydrogen-bond acceptors (Lipinski definition) is 4. The van der Waals surface area contributed by atoms with Gasteiger partial charge in [0, 0.05) is 26.7 Å². The Hall–Kier alpha value is -1.02. The van der Waals surface area contributed by atoms with Crippen LogP contribution in [-0.2, 0) is 14.8 Å². The summed E-state index contributed by atoms with van der Waals surface area (Å²) in [6, 6.07) is 4.18. The summed E-state index contributed by atoms with van der Waals surface area (Å²) in [5.74, 6) is -0.736. The van der Waals surface area contributed by atoms with Gasteiger partial charge in [-0.05, 0) is 18.6 Å². The van der Waals surface area contributed by atoms with E-state index in [1.807, 2.05) is 0 Å². The van der Waals surface area contributed by atoms with E-state index in [2.05, 4.69) is 10.0 Å². The average molecular weight is 290 g/mol. The van der Waals surface area contributed by atoms with Crippen LogP contribution in [-0.4, -0.2) is 41.8 Å². The predicted octanol–water partition coefficient (Wildman–Crippen LogP) is 0.648. The number of halogens is 1. The van der Waals surface area contributed by atoms with Crippen LogP contribution < -0.4 is 10.0 Å². The molecule has 7 heteroatoms. The van der Waals surface area contributed by atoms with E-state index in [-0.39, 0.29) is 11.4 Å². The fraction of sp³-hybridized carbons (Fsp3) is 0.500. The Morgan fingerprint density at radius 2 is 2.00 bits per heavy atom. The normalized spacial score (nSPS) is 11.7. The SMILES string of the molecule is COCCNCCNS(=O)(=O)c1c(C)cccc1F. The highest BCUT2D eigenvalue weighted by Gasteiger charge is 2.20. The third-order valence-electron chi connectivity index (χ3n) is 2.51. The van der Waals surface area contributed by atoms with E-state index < -0.39 is 15.8 Å². The van der Waals surface area contributed by atoms with Crippen molar-refractivity contribution in [1.82, 2.24) is 10.0 Å². The first kappa shape index (κ1) is 16.0. The van der Waals surface area contributed by atoms with Gasteiger partial charge in [-0.2, -0.15) is 0 Å². The van der Waals surface area contributed by atoms with E-state index >= 15 is 0 Å². The van der Waals surface area contributed by atoms with E-state index in [0.717, 1.165) is 6.07 Å². The molecule has 0 radical (unpaired) electrons. The smallest absolute Gasteiger partial charge is 0.243 e. The molecule has 19 heavy (non-hydrogen) atoms. The molecule has 0 unspecified atom stereocenters. The molecule has 1 aromatic carbocycles. The molecule has 0 spiro atoms. The number of sulfonamides is 1. The lowest BCUT2D eigenvalue weighted by Crippen LogP contribution is -2.33. The molecule has 0 atom stereocenters. The number of nitrogens with one attached hydrogen (secondary N) is 2. The van der Waals surface area contributed by atoms with Crippen molar-refractivity contribution in [2.75, 3.05) is 33.4 Å². The lowest BCUT2D eigenvalue weighted by atomic mass is 10.2. The van der Waals surface area contributed by atoms with Crippen LogP contribution in [0.5, 0.6) is 0 Å². The largest absolute Gasteiger partial charge is 0.383 e. The predicted molar refractivity (Wildman–Crippen MR) is 71.1 cm³/mol. The highest BCUT2D eigenvalue weighted by atomic mass is 32.2. The van der Waals surface area contributed by atoms with Crippen LogP contribution in [0.1, 0.15) is 5.56 Å². The first-order chi connectivity index (χ1) is 8.99. The number of methoxy groups -OCH3 is 1. The topological polar surface area (TPSA) is 67.4 Å². The van der Waals surface area contributed by atoms with Crippen molar-refractivity contribution in [3.05, 3.63) is 29.6 Å². The maximum absolute atomic E-state index is 13.6. The van der Waals surface area contributed by atoms with E-state index in [1.165, 1.54) is 6.07 Å². The Bertz CT molecular complexity index is 485. The molecule has 0 amide bonds. The lowest BCUT2D eigenvalue weighted by Gasteiger charge is -2.10. The van der Waals surface area contributed by atoms with Crippen molar-refractivity contribution in [2.24, 2.45) is 0 Å². The molecule has 2 N–H and O–H groups in total. The third kappa shape index (κ3) is 4.87. The van der Waals surface area contributed by atoms with Gasteiger partial charge in [0.05, 0.1) is 6.61 Å². The fourth-order valence-corrected chi connectivity index (χ4v) is 2.93. The molecule has 0 bridgehead atoms. The van der Waals surface area contributed by atoms with Crippen LogP contribution in [0, 0.1) is 12.7 Å². The summed E-state index contributed by atoms with van der Waals surface area (Å²) in [6.07, 6.45) is 0. The van der Waals surface area contributed by atoms with E-state index in [4.69, 9.17) is 4.74 Å². The molecule has 1 rings (SSSR count). The van der Waals surface area contributed by atoms with E-state index in [9.17, 15) is 12.8 Å². The van der Waals surface area contributed by atoms with Gasteiger partial charge in [-0.1, -0.05) is 12.1 Å². The minimum absolute atomic E-state index is 0.194. The Kier molecular flexibility index (Phi) is 6.36. The highest BCUT2D eigenvalue weighted by Crippen LogP contribution is 2.18. The molecule has 108 valence electrons. The molecule has 0 fully saturated rings. The maximum atomic E-state index is 13.6. The summed E-state index contributed by atoms with van der Waals surface area (Å²) in [6.45, 7) is 3.40. The summed E-state index contributed by atoms with van der Waals surface area (Å²) >= 11 is 0. The van der Waals surface area contributed by atoms with Crippen LogP contribution in [0.25, 0.3) is 0 Å². The molecule has 0 aromatic heterocycles. The van der Waals surface area contributed by atoms with Crippen LogP contribution in [0.15, 0.2) is 23.1 Å². The van der Waals surface area contributed by atoms with E-state index in [1.54, 1.807) is 20.1 Å². The van der Waals surface area contributed by atoms with Gasteiger partial charge in [0.15, 0.2) is 0 Å². The number of hydrogen-bond donors (Lipinski definition) is 2. The van der Waals surface area contributed by atoms with Crippen molar-refractivity contribution in [3.63, 3.8) is 0 Å². The number of aryl methyl sites for hydroxylation is 1. The summed E-state index contributed by atoms with van der Waals surface area (Å²) < 4.78 is 44.7. The van der Waals surface area contributed by atoms with Crippen LogP contribution >= 0.6 is 0 Å². The standard InChI is InChI=1S/C12H19FN2O3S/c1-10-4-3-5-11(13)12(10)19(16,17)15-7-6-14-8-9-18-2/h3-5,14-15H,6-9H2,1-2H3. The first-order valence-electron chi connectivity index (χ1n) is 5.93. The Balaban J connectivity index is 2.57. The zero-order valence-electron chi connectivity index (χ0n) is 11.1. The fourth-order valence-electron chi connectivity index (χ4n) is 1.60. The second-order valence-corrected chi connectivity index (χ2v) is 5.73. The van der Waals surface area contributed by atoms with Crippen LogP contribution in [0.4, 0.5) is 4.39 Å². The lowest BCUT2D eigenvalue weighted by molar-refractivity contribution is 0.199. The minimum Gasteiger partial charge on any atom is -0.383 e. The van der Waals surface area contributed by atoms with Crippen LogP contribution in [0.2, 0.25) is 0 Å². The average Bonchev–Trinajstić information content (AvgIpc) is 2.33. The summed E-state index contributed by atoms with van der Waals surface area (Å²) in [7, 11) is -2.22. The molecule has 1 aromatic rings. The van der Waals surface area contributed by atoms with Crippen molar-refractivity contribution in [2.45, 2.75) is 11.8 Å². The summed E-state index contributed by atoms with van der Waals surface area (Å²) in [5, 5.41) is 2.99. The summed E-state index contributed by atoms with van der Waals surface area (Å²) in [4.78, 5) is -0.285. The van der Waals surface area contributed by atoms with Gasteiger partial charge < -0.3 is 10.1 Å². The van der Waals surface area contributed by atoms with Gasteiger partial charge in [0.25, 0.3) is 0 Å². The molecule has 0 aliphatic rings. The summed E-state index contributed by atoms with van der Waals surface area (Å²) in [5.41, 5.74) is 0.389. The van der Waals surface area contributed by atoms with Gasteiger partial charge >= 0.3 is 0 Å². The molecule has 0 aliphatic heterocycles. The molecular formula is C12H19FN2O3S. The number of rotatable bonds is 8. The first-order valence-corrected chi connectivity index (χ1v) is 7.42. The van der Waals surface area contributed by atoms with Crippen molar-refractivity contribution in [3.8, 4) is 0 Å². The molecule has 0 saturated carbocycles.